The van der Waals surface area contributed by atoms with Crippen LogP contribution in [0.3, 0.4) is 0 Å². The van der Waals surface area contributed by atoms with Gasteiger partial charge in [0.15, 0.2) is 0 Å². The van der Waals surface area contributed by atoms with Crippen LogP contribution in [0, 0.1) is 5.92 Å². The van der Waals surface area contributed by atoms with Crippen molar-refractivity contribution in [3.8, 4) is 0 Å². The lowest BCUT2D eigenvalue weighted by atomic mass is 9.87. The Morgan fingerprint density at radius 2 is 1.81 bits per heavy atom. The first-order chi connectivity index (χ1) is 7.90. The minimum atomic E-state index is 0.614. The molecule has 2 heteroatoms. The molecule has 0 saturated heterocycles. The van der Waals surface area contributed by atoms with E-state index in [4.69, 9.17) is 5.73 Å². The summed E-state index contributed by atoms with van der Waals surface area (Å²) in [6, 6.07) is 10.7. The maximum Gasteiger partial charge on any atom is 0.0245 e. The molecule has 1 atom stereocenters. The molecule has 0 amide bonds. The van der Waals surface area contributed by atoms with E-state index in [1.54, 1.807) is 0 Å². The molecule has 0 aromatic heterocycles. The first kappa shape index (κ1) is 12.0. The van der Waals surface area contributed by atoms with E-state index in [0.717, 1.165) is 12.5 Å². The van der Waals surface area contributed by atoms with Crippen molar-refractivity contribution in [3.05, 3.63) is 30.3 Å². The van der Waals surface area contributed by atoms with Gasteiger partial charge in [-0.2, -0.15) is 0 Å². The normalized spacial score (nSPS) is 19.6. The standard InChI is InChI=1S/C14H21NS/c15-11-14(12-7-3-1-4-8-12)16-13-9-5-2-6-10-13/h2,5-6,9-10,12,14H,1,3-4,7-8,11,15H2. The largest absolute Gasteiger partial charge is 0.329 e. The van der Waals surface area contributed by atoms with E-state index in [2.05, 4.69) is 30.3 Å². The Hall–Kier alpha value is -0.470. The molecule has 0 aliphatic heterocycles. The molecular formula is C14H21NS. The summed E-state index contributed by atoms with van der Waals surface area (Å²) in [5, 5.41) is 0.614. The zero-order chi connectivity index (χ0) is 11.2. The third-order valence-corrected chi connectivity index (χ3v) is 4.86. The predicted octanol–water partition coefficient (Wildman–Crippen LogP) is 3.69. The van der Waals surface area contributed by atoms with Gasteiger partial charge < -0.3 is 5.73 Å². The highest BCUT2D eigenvalue weighted by Gasteiger charge is 2.23. The van der Waals surface area contributed by atoms with Crippen LogP contribution in [0.5, 0.6) is 0 Å². The summed E-state index contributed by atoms with van der Waals surface area (Å²) in [6.07, 6.45) is 6.97. The number of hydrogen-bond acceptors (Lipinski definition) is 2. The topological polar surface area (TPSA) is 26.0 Å². The summed E-state index contributed by atoms with van der Waals surface area (Å²) >= 11 is 1.97. The van der Waals surface area contributed by atoms with E-state index >= 15 is 0 Å². The SMILES string of the molecule is NCC(Sc1ccccc1)C1CCCCC1. The van der Waals surface area contributed by atoms with E-state index in [0.29, 0.717) is 5.25 Å². The van der Waals surface area contributed by atoms with Crippen molar-refractivity contribution in [2.24, 2.45) is 11.7 Å². The smallest absolute Gasteiger partial charge is 0.0245 e. The molecule has 16 heavy (non-hydrogen) atoms. The Balaban J connectivity index is 1.94. The van der Waals surface area contributed by atoms with Gasteiger partial charge in [-0.3, -0.25) is 0 Å². The lowest BCUT2D eigenvalue weighted by Crippen LogP contribution is -2.27. The number of rotatable bonds is 4. The molecule has 1 aromatic carbocycles. The highest BCUT2D eigenvalue weighted by molar-refractivity contribution is 8.00. The van der Waals surface area contributed by atoms with Crippen LogP contribution in [0.2, 0.25) is 0 Å². The molecule has 1 unspecified atom stereocenters. The average Bonchev–Trinajstić information content (AvgIpc) is 2.38. The Labute approximate surface area is 103 Å². The van der Waals surface area contributed by atoms with Crippen molar-refractivity contribution >= 4 is 11.8 Å². The van der Waals surface area contributed by atoms with Crippen LogP contribution < -0.4 is 5.73 Å². The molecule has 1 aliphatic carbocycles. The highest BCUT2D eigenvalue weighted by Crippen LogP contribution is 2.35. The van der Waals surface area contributed by atoms with Gasteiger partial charge in [-0.15, -0.1) is 11.8 Å². The summed E-state index contributed by atoms with van der Waals surface area (Å²) in [5.41, 5.74) is 5.93. The third kappa shape index (κ3) is 3.26. The minimum absolute atomic E-state index is 0.614. The first-order valence-electron chi connectivity index (χ1n) is 6.32. The number of thioether (sulfide) groups is 1. The van der Waals surface area contributed by atoms with Gasteiger partial charge in [0.1, 0.15) is 0 Å². The Morgan fingerprint density at radius 1 is 1.12 bits per heavy atom. The molecule has 1 nitrogen and oxygen atoms in total. The molecule has 2 rings (SSSR count). The van der Waals surface area contributed by atoms with Gasteiger partial charge in [0.25, 0.3) is 0 Å². The van der Waals surface area contributed by atoms with E-state index in [1.165, 1.54) is 37.0 Å². The van der Waals surface area contributed by atoms with Crippen molar-refractivity contribution in [1.29, 1.82) is 0 Å². The van der Waals surface area contributed by atoms with Crippen LogP contribution in [-0.4, -0.2) is 11.8 Å². The molecule has 1 saturated carbocycles. The van der Waals surface area contributed by atoms with E-state index in [1.807, 2.05) is 11.8 Å². The lowest BCUT2D eigenvalue weighted by Gasteiger charge is -2.28. The zero-order valence-corrected chi connectivity index (χ0v) is 10.6. The third-order valence-electron chi connectivity index (χ3n) is 3.44. The molecule has 1 aromatic rings. The van der Waals surface area contributed by atoms with Gasteiger partial charge >= 0.3 is 0 Å². The van der Waals surface area contributed by atoms with Crippen LogP contribution >= 0.6 is 11.8 Å². The van der Waals surface area contributed by atoms with Crippen molar-refractivity contribution in [2.75, 3.05) is 6.54 Å². The fourth-order valence-corrected chi connectivity index (χ4v) is 3.74. The summed E-state index contributed by atoms with van der Waals surface area (Å²) < 4.78 is 0. The summed E-state index contributed by atoms with van der Waals surface area (Å²) in [7, 11) is 0. The lowest BCUT2D eigenvalue weighted by molar-refractivity contribution is 0.351. The number of nitrogens with two attached hydrogens (primary N) is 1. The van der Waals surface area contributed by atoms with Gasteiger partial charge in [-0.25, -0.2) is 0 Å². The number of benzene rings is 1. The van der Waals surface area contributed by atoms with Crippen LogP contribution in [0.15, 0.2) is 35.2 Å². The summed E-state index contributed by atoms with van der Waals surface area (Å²) in [4.78, 5) is 1.36. The molecule has 88 valence electrons. The maximum absolute atomic E-state index is 5.93. The van der Waals surface area contributed by atoms with E-state index < -0.39 is 0 Å². The van der Waals surface area contributed by atoms with Crippen molar-refractivity contribution in [1.82, 2.24) is 0 Å². The Kier molecular flexibility index (Phi) is 4.73. The van der Waals surface area contributed by atoms with Gasteiger partial charge in [0, 0.05) is 16.7 Å². The van der Waals surface area contributed by atoms with Crippen molar-refractivity contribution in [3.63, 3.8) is 0 Å². The predicted molar refractivity (Wildman–Crippen MR) is 71.7 cm³/mol. The second-order valence-corrected chi connectivity index (χ2v) is 5.92. The van der Waals surface area contributed by atoms with Crippen LogP contribution in [0.4, 0.5) is 0 Å². The Morgan fingerprint density at radius 3 is 2.44 bits per heavy atom. The summed E-state index contributed by atoms with van der Waals surface area (Å²) in [6.45, 7) is 0.810. The molecule has 1 fully saturated rings. The fourth-order valence-electron chi connectivity index (χ4n) is 2.52. The summed E-state index contributed by atoms with van der Waals surface area (Å²) in [5.74, 6) is 0.837. The van der Waals surface area contributed by atoms with Crippen LogP contribution in [-0.2, 0) is 0 Å². The fraction of sp³-hybridized carbons (Fsp3) is 0.571. The van der Waals surface area contributed by atoms with Gasteiger partial charge in [0.05, 0.1) is 0 Å². The molecule has 0 radical (unpaired) electrons. The van der Waals surface area contributed by atoms with E-state index in [9.17, 15) is 0 Å². The van der Waals surface area contributed by atoms with Gasteiger partial charge in [-0.1, -0.05) is 37.5 Å². The Bertz CT molecular complexity index is 293. The molecule has 0 bridgehead atoms. The quantitative estimate of drug-likeness (QED) is 0.806. The highest BCUT2D eigenvalue weighted by atomic mass is 32.2. The minimum Gasteiger partial charge on any atom is -0.329 e. The zero-order valence-electron chi connectivity index (χ0n) is 9.77. The number of hydrogen-bond donors (Lipinski definition) is 1. The maximum atomic E-state index is 5.93. The van der Waals surface area contributed by atoms with Crippen LogP contribution in [0.1, 0.15) is 32.1 Å². The van der Waals surface area contributed by atoms with Crippen LogP contribution in [0.25, 0.3) is 0 Å². The molecule has 2 N–H and O–H groups in total. The molecule has 0 spiro atoms. The second-order valence-electron chi connectivity index (χ2n) is 4.60. The molecule has 1 aliphatic rings. The monoisotopic (exact) mass is 235 g/mol. The average molecular weight is 235 g/mol. The van der Waals surface area contributed by atoms with E-state index in [-0.39, 0.29) is 0 Å². The van der Waals surface area contributed by atoms with Crippen molar-refractivity contribution < 1.29 is 0 Å². The molecule has 0 heterocycles. The first-order valence-corrected chi connectivity index (χ1v) is 7.20. The molecular weight excluding hydrogens is 214 g/mol. The van der Waals surface area contributed by atoms with Gasteiger partial charge in [-0.05, 0) is 30.9 Å². The van der Waals surface area contributed by atoms with Crippen molar-refractivity contribution in [2.45, 2.75) is 42.2 Å². The second kappa shape index (κ2) is 6.31. The van der Waals surface area contributed by atoms with Gasteiger partial charge in [0.2, 0.25) is 0 Å².